The number of anilines is 2. The van der Waals surface area contributed by atoms with Gasteiger partial charge in [-0.15, -0.1) is 0 Å². The molecule has 5 rings (SSSR count). The van der Waals surface area contributed by atoms with Gasteiger partial charge in [-0.2, -0.15) is 4.98 Å². The summed E-state index contributed by atoms with van der Waals surface area (Å²) in [5.41, 5.74) is 1.12. The Labute approximate surface area is 204 Å². The Kier molecular flexibility index (Phi) is 5.81. The molecule has 0 saturated carbocycles. The first kappa shape index (κ1) is 23.4. The maximum absolute atomic E-state index is 13.4. The van der Waals surface area contributed by atoms with E-state index >= 15 is 0 Å². The average molecular weight is 481 g/mol. The van der Waals surface area contributed by atoms with E-state index in [1.807, 2.05) is 24.9 Å². The van der Waals surface area contributed by atoms with Crippen LogP contribution < -0.4 is 10.2 Å². The fourth-order valence-corrected chi connectivity index (χ4v) is 5.23. The number of hydrogen-bond acceptors (Lipinski definition) is 6. The van der Waals surface area contributed by atoms with Crippen LogP contribution >= 0.6 is 0 Å². The molecule has 0 aliphatic carbocycles. The van der Waals surface area contributed by atoms with Gasteiger partial charge in [0.15, 0.2) is 0 Å². The van der Waals surface area contributed by atoms with Crippen LogP contribution in [0.4, 0.5) is 16.2 Å². The van der Waals surface area contributed by atoms with Crippen molar-refractivity contribution in [2.24, 2.45) is 0 Å². The Morgan fingerprint density at radius 1 is 1.20 bits per heavy atom. The zero-order chi connectivity index (χ0) is 24.9. The van der Waals surface area contributed by atoms with Crippen LogP contribution in [0.1, 0.15) is 52.1 Å². The van der Waals surface area contributed by atoms with E-state index in [4.69, 9.17) is 9.97 Å². The van der Waals surface area contributed by atoms with Crippen molar-refractivity contribution in [1.29, 1.82) is 0 Å². The molecule has 2 aliphatic heterocycles. The zero-order valence-electron chi connectivity index (χ0n) is 20.8. The Hall–Kier alpha value is -3.36. The predicted molar refractivity (Wildman–Crippen MR) is 134 cm³/mol. The molecule has 1 unspecified atom stereocenters. The number of halogens is 1. The summed E-state index contributed by atoms with van der Waals surface area (Å²) in [6.07, 6.45) is 4.00. The summed E-state index contributed by atoms with van der Waals surface area (Å²) < 4.78 is 15.2. The monoisotopic (exact) mass is 480 g/mol. The third kappa shape index (κ3) is 4.51. The van der Waals surface area contributed by atoms with E-state index in [0.717, 1.165) is 17.4 Å². The minimum atomic E-state index is -0.400. The summed E-state index contributed by atoms with van der Waals surface area (Å²) >= 11 is 0. The Morgan fingerprint density at radius 3 is 2.66 bits per heavy atom. The summed E-state index contributed by atoms with van der Waals surface area (Å²) in [5.74, 6) is 1.29. The van der Waals surface area contributed by atoms with Crippen LogP contribution in [0.2, 0.25) is 0 Å². The summed E-state index contributed by atoms with van der Waals surface area (Å²) in [7, 11) is 0. The maximum Gasteiger partial charge on any atom is 0.228 e. The number of nitrogens with zero attached hydrogens (tertiary/aromatic N) is 5. The Morgan fingerprint density at radius 2 is 1.94 bits per heavy atom. The second-order valence-corrected chi connectivity index (χ2v) is 10.6. The van der Waals surface area contributed by atoms with Crippen LogP contribution in [-0.4, -0.2) is 61.7 Å². The van der Waals surface area contributed by atoms with Gasteiger partial charge in [0.1, 0.15) is 17.2 Å². The highest BCUT2D eigenvalue weighted by Gasteiger charge is 2.36. The zero-order valence-corrected chi connectivity index (χ0v) is 20.8. The van der Waals surface area contributed by atoms with Gasteiger partial charge in [0.25, 0.3) is 0 Å². The van der Waals surface area contributed by atoms with E-state index in [2.05, 4.69) is 24.1 Å². The molecule has 2 fully saturated rings. The van der Waals surface area contributed by atoms with E-state index in [-0.39, 0.29) is 29.7 Å². The Balaban J connectivity index is 1.50. The SMILES string of the molecule is CC(C)n1cc2c(NC(C)(C)Cc3ccc(F)cc3)nc(N3CCN4C(=O)CCC4C3)nc2c1O. The lowest BCUT2D eigenvalue weighted by molar-refractivity contribution is -0.129. The van der Waals surface area contributed by atoms with Crippen molar-refractivity contribution < 1.29 is 14.3 Å². The van der Waals surface area contributed by atoms with Crippen molar-refractivity contribution in [2.45, 2.75) is 64.6 Å². The predicted octanol–water partition coefficient (Wildman–Crippen LogP) is 4.10. The highest BCUT2D eigenvalue weighted by Crippen LogP contribution is 2.36. The fourth-order valence-electron chi connectivity index (χ4n) is 5.23. The van der Waals surface area contributed by atoms with Crippen LogP contribution in [0.3, 0.4) is 0 Å². The normalized spacial score (nSPS) is 18.6. The maximum atomic E-state index is 13.4. The first-order valence-electron chi connectivity index (χ1n) is 12.3. The summed E-state index contributed by atoms with van der Waals surface area (Å²) in [6.45, 7) is 10.2. The van der Waals surface area contributed by atoms with E-state index in [1.165, 1.54) is 12.1 Å². The molecule has 2 saturated heterocycles. The molecule has 0 radical (unpaired) electrons. The molecule has 1 amide bonds. The van der Waals surface area contributed by atoms with Gasteiger partial charge in [-0.25, -0.2) is 9.37 Å². The topological polar surface area (TPSA) is 86.5 Å². The van der Waals surface area contributed by atoms with Gasteiger partial charge >= 0.3 is 0 Å². The minimum Gasteiger partial charge on any atom is -0.493 e. The number of carbonyl (C=O) groups excluding carboxylic acids is 1. The lowest BCUT2D eigenvalue weighted by Crippen LogP contribution is -2.52. The first-order chi connectivity index (χ1) is 16.6. The molecule has 0 spiro atoms. The standard InChI is InChI=1S/C26H33FN6O2/c1-16(2)33-15-20-22(24(33)35)28-25(31-11-12-32-19(14-31)9-10-21(32)34)29-23(20)30-26(3,4)13-17-5-7-18(27)8-6-17/h5-8,15-16,19,35H,9-14H2,1-4H3,(H,28,29,30). The number of fused-ring (bicyclic) bond motifs is 2. The average Bonchev–Trinajstić information content (AvgIpc) is 3.35. The minimum absolute atomic E-state index is 0.0563. The molecule has 2 aliphatic rings. The lowest BCUT2D eigenvalue weighted by atomic mass is 9.95. The van der Waals surface area contributed by atoms with Gasteiger partial charge < -0.3 is 24.8 Å². The quantitative estimate of drug-likeness (QED) is 0.553. The fraction of sp³-hybridized carbons (Fsp3) is 0.500. The summed E-state index contributed by atoms with van der Waals surface area (Å²) in [6, 6.07) is 6.77. The second kappa shape index (κ2) is 8.70. The molecule has 2 N–H and O–H groups in total. The van der Waals surface area contributed by atoms with Crippen molar-refractivity contribution in [3.8, 4) is 5.88 Å². The molecule has 186 valence electrons. The largest absolute Gasteiger partial charge is 0.493 e. The smallest absolute Gasteiger partial charge is 0.228 e. The van der Waals surface area contributed by atoms with Crippen LogP contribution in [-0.2, 0) is 11.2 Å². The molecule has 0 bridgehead atoms. The van der Waals surface area contributed by atoms with E-state index in [1.54, 1.807) is 16.7 Å². The molecule has 4 heterocycles. The van der Waals surface area contributed by atoms with Crippen LogP contribution in [0.25, 0.3) is 10.9 Å². The van der Waals surface area contributed by atoms with Crippen molar-refractivity contribution in [3.63, 3.8) is 0 Å². The highest BCUT2D eigenvalue weighted by molar-refractivity contribution is 5.94. The molecule has 1 aromatic carbocycles. The van der Waals surface area contributed by atoms with E-state index in [0.29, 0.717) is 49.8 Å². The molecule has 8 nitrogen and oxygen atoms in total. The molecule has 35 heavy (non-hydrogen) atoms. The number of aromatic hydroxyl groups is 1. The molecular weight excluding hydrogens is 447 g/mol. The number of hydrogen-bond donors (Lipinski definition) is 2. The summed E-state index contributed by atoms with van der Waals surface area (Å²) in [5, 5.41) is 15.3. The molecule has 1 atom stereocenters. The van der Waals surface area contributed by atoms with E-state index in [9.17, 15) is 14.3 Å². The van der Waals surface area contributed by atoms with E-state index < -0.39 is 5.54 Å². The number of piperazine rings is 1. The van der Waals surface area contributed by atoms with Gasteiger partial charge in [-0.1, -0.05) is 12.1 Å². The van der Waals surface area contributed by atoms with Crippen molar-refractivity contribution in [1.82, 2.24) is 19.4 Å². The number of aromatic nitrogens is 3. The summed E-state index contributed by atoms with van der Waals surface area (Å²) in [4.78, 5) is 25.9. The van der Waals surface area contributed by atoms with Gasteiger partial charge in [-0.3, -0.25) is 4.79 Å². The number of carbonyl (C=O) groups is 1. The molecule has 2 aromatic heterocycles. The lowest BCUT2D eigenvalue weighted by Gasteiger charge is -2.37. The third-order valence-corrected chi connectivity index (χ3v) is 7.01. The van der Waals surface area contributed by atoms with Crippen molar-refractivity contribution >= 4 is 28.6 Å². The van der Waals surface area contributed by atoms with Crippen molar-refractivity contribution in [2.75, 3.05) is 29.9 Å². The molecule has 3 aromatic rings. The number of rotatable bonds is 6. The number of amides is 1. The Bertz CT molecular complexity index is 1250. The van der Waals surface area contributed by atoms with Gasteiger partial charge in [0, 0.05) is 49.9 Å². The van der Waals surface area contributed by atoms with Gasteiger partial charge in [-0.05, 0) is 58.2 Å². The molecule has 9 heteroatoms. The van der Waals surface area contributed by atoms with Crippen molar-refractivity contribution in [3.05, 3.63) is 41.8 Å². The van der Waals surface area contributed by atoms with Gasteiger partial charge in [0.05, 0.1) is 5.39 Å². The molecular formula is C26H33FN6O2. The third-order valence-electron chi connectivity index (χ3n) is 7.01. The highest BCUT2D eigenvalue weighted by atomic mass is 19.1. The first-order valence-corrected chi connectivity index (χ1v) is 12.3. The number of benzene rings is 1. The van der Waals surface area contributed by atoms with Gasteiger partial charge in [0.2, 0.25) is 17.7 Å². The van der Waals surface area contributed by atoms with Crippen LogP contribution in [0.15, 0.2) is 30.5 Å². The van der Waals surface area contributed by atoms with Crippen LogP contribution in [0.5, 0.6) is 5.88 Å². The second-order valence-electron chi connectivity index (χ2n) is 10.6. The number of nitrogens with one attached hydrogen (secondary N) is 1. The van der Waals surface area contributed by atoms with Crippen LogP contribution in [0, 0.1) is 5.82 Å².